The summed E-state index contributed by atoms with van der Waals surface area (Å²) in [5, 5.41) is 2.61. The van der Waals surface area contributed by atoms with Crippen LogP contribution in [0, 0.1) is 5.82 Å². The van der Waals surface area contributed by atoms with Crippen LogP contribution in [-0.4, -0.2) is 18.5 Å². The van der Waals surface area contributed by atoms with Gasteiger partial charge in [-0.2, -0.15) is 0 Å². The van der Waals surface area contributed by atoms with Crippen molar-refractivity contribution in [1.82, 2.24) is 5.32 Å². The number of carbonyl (C=O) groups is 2. The van der Waals surface area contributed by atoms with Gasteiger partial charge in [0, 0.05) is 13.0 Å². The van der Waals surface area contributed by atoms with E-state index in [2.05, 4.69) is 5.32 Å². The van der Waals surface area contributed by atoms with E-state index < -0.39 is 11.8 Å². The molecule has 0 saturated carbocycles. The van der Waals surface area contributed by atoms with Crippen LogP contribution in [0.4, 0.5) is 14.9 Å². The predicted molar refractivity (Wildman–Crippen MR) is 56.5 cm³/mol. The lowest BCUT2D eigenvalue weighted by Crippen LogP contribution is -2.41. The second-order valence-corrected chi connectivity index (χ2v) is 3.54. The average Bonchev–Trinajstić information content (AvgIpc) is 2.42. The Labute approximate surface area is 92.0 Å². The number of carbonyl (C=O) groups excluding carboxylic acids is 2. The lowest BCUT2D eigenvalue weighted by molar-refractivity contribution is -0.117. The highest BCUT2D eigenvalue weighted by atomic mass is 19.1. The minimum Gasteiger partial charge on any atom is -0.337 e. The topological polar surface area (TPSA) is 49.4 Å². The Balaban J connectivity index is 2.32. The van der Waals surface area contributed by atoms with Crippen LogP contribution >= 0.6 is 0 Å². The second kappa shape index (κ2) is 4.30. The van der Waals surface area contributed by atoms with Crippen LogP contribution in [0.25, 0.3) is 0 Å². The lowest BCUT2D eigenvalue weighted by Gasteiger charge is -2.18. The van der Waals surface area contributed by atoms with Crippen LogP contribution in [0.5, 0.6) is 0 Å². The molecule has 0 unspecified atom stereocenters. The van der Waals surface area contributed by atoms with Gasteiger partial charge in [0.2, 0.25) is 5.91 Å². The van der Waals surface area contributed by atoms with E-state index in [9.17, 15) is 14.0 Å². The summed E-state index contributed by atoms with van der Waals surface area (Å²) < 4.78 is 12.7. The lowest BCUT2D eigenvalue weighted by atomic mass is 10.2. The highest BCUT2D eigenvalue weighted by molar-refractivity contribution is 6.14. The van der Waals surface area contributed by atoms with E-state index in [-0.39, 0.29) is 5.91 Å². The van der Waals surface area contributed by atoms with E-state index in [4.69, 9.17) is 0 Å². The quantitative estimate of drug-likeness (QED) is 0.785. The van der Waals surface area contributed by atoms with Crippen molar-refractivity contribution in [2.45, 2.75) is 12.8 Å². The number of benzene rings is 1. The molecule has 0 bridgehead atoms. The van der Waals surface area contributed by atoms with Crippen molar-refractivity contribution in [3.05, 3.63) is 30.1 Å². The van der Waals surface area contributed by atoms with Gasteiger partial charge in [0.1, 0.15) is 5.82 Å². The summed E-state index contributed by atoms with van der Waals surface area (Å²) in [5.74, 6) is -0.659. The Kier molecular flexibility index (Phi) is 2.85. The molecule has 2 rings (SSSR count). The SMILES string of the molecule is O=C1CCCNC(=O)N1c1ccc(F)cc1. The second-order valence-electron chi connectivity index (χ2n) is 3.54. The van der Waals surface area contributed by atoms with E-state index in [0.29, 0.717) is 25.1 Å². The third kappa shape index (κ3) is 2.03. The zero-order chi connectivity index (χ0) is 11.5. The number of imide groups is 1. The predicted octanol–water partition coefficient (Wildman–Crippen LogP) is 1.66. The Morgan fingerprint density at radius 2 is 1.88 bits per heavy atom. The van der Waals surface area contributed by atoms with Crippen LogP contribution in [0.2, 0.25) is 0 Å². The van der Waals surface area contributed by atoms with Crippen molar-refractivity contribution in [3.8, 4) is 0 Å². The molecule has 1 aliphatic rings. The Morgan fingerprint density at radius 1 is 1.19 bits per heavy atom. The fourth-order valence-electron chi connectivity index (χ4n) is 1.59. The fraction of sp³-hybridized carbons (Fsp3) is 0.273. The Bertz CT molecular complexity index is 398. The molecule has 3 amide bonds. The van der Waals surface area contributed by atoms with Gasteiger partial charge in [-0.05, 0) is 30.7 Å². The zero-order valence-electron chi connectivity index (χ0n) is 8.57. The molecule has 1 aromatic carbocycles. The number of urea groups is 1. The standard InChI is InChI=1S/C11H11FN2O2/c12-8-3-5-9(6-4-8)14-10(15)2-1-7-13-11(14)16/h3-6H,1-2,7H2,(H,13,16). The maximum atomic E-state index is 12.7. The molecule has 1 aliphatic heterocycles. The van der Waals surface area contributed by atoms with E-state index >= 15 is 0 Å². The molecule has 0 atom stereocenters. The Morgan fingerprint density at radius 3 is 2.56 bits per heavy atom. The number of nitrogens with one attached hydrogen (secondary N) is 1. The van der Waals surface area contributed by atoms with E-state index in [1.807, 2.05) is 0 Å². The number of hydrogen-bond donors (Lipinski definition) is 1. The highest BCUT2D eigenvalue weighted by Gasteiger charge is 2.25. The molecule has 1 heterocycles. The molecule has 4 nitrogen and oxygen atoms in total. The molecule has 1 fully saturated rings. The summed E-state index contributed by atoms with van der Waals surface area (Å²) in [5.41, 5.74) is 0.394. The number of nitrogens with zero attached hydrogens (tertiary/aromatic N) is 1. The van der Waals surface area contributed by atoms with Gasteiger partial charge in [0.05, 0.1) is 5.69 Å². The van der Waals surface area contributed by atoms with Crippen LogP contribution in [-0.2, 0) is 4.79 Å². The van der Waals surface area contributed by atoms with Crippen LogP contribution in [0.15, 0.2) is 24.3 Å². The number of rotatable bonds is 1. The maximum Gasteiger partial charge on any atom is 0.328 e. The minimum atomic E-state index is -0.450. The third-order valence-corrected chi connectivity index (χ3v) is 2.38. The van der Waals surface area contributed by atoms with Gasteiger partial charge in [-0.3, -0.25) is 4.79 Å². The zero-order valence-corrected chi connectivity index (χ0v) is 8.57. The van der Waals surface area contributed by atoms with Gasteiger partial charge in [-0.25, -0.2) is 14.1 Å². The first kappa shape index (κ1) is 10.6. The summed E-state index contributed by atoms with van der Waals surface area (Å²) >= 11 is 0. The average molecular weight is 222 g/mol. The summed E-state index contributed by atoms with van der Waals surface area (Å²) in [4.78, 5) is 24.3. The molecule has 1 aromatic rings. The maximum absolute atomic E-state index is 12.7. The molecule has 0 radical (unpaired) electrons. The smallest absolute Gasteiger partial charge is 0.328 e. The number of anilines is 1. The van der Waals surface area contributed by atoms with Gasteiger partial charge in [-0.15, -0.1) is 0 Å². The van der Waals surface area contributed by atoms with Gasteiger partial charge in [0.15, 0.2) is 0 Å². The van der Waals surface area contributed by atoms with Gasteiger partial charge < -0.3 is 5.32 Å². The van der Waals surface area contributed by atoms with Gasteiger partial charge >= 0.3 is 6.03 Å². The summed E-state index contributed by atoms with van der Waals surface area (Å²) in [6.07, 6.45) is 0.943. The molecule has 0 spiro atoms. The molecule has 16 heavy (non-hydrogen) atoms. The van der Waals surface area contributed by atoms with E-state index in [1.165, 1.54) is 24.3 Å². The molecule has 1 saturated heterocycles. The summed E-state index contributed by atoms with van der Waals surface area (Å²) in [6.45, 7) is 0.488. The van der Waals surface area contributed by atoms with E-state index in [0.717, 1.165) is 4.90 Å². The molecular formula is C11H11FN2O2. The number of hydrogen-bond acceptors (Lipinski definition) is 2. The first-order chi connectivity index (χ1) is 7.68. The molecular weight excluding hydrogens is 211 g/mol. The van der Waals surface area contributed by atoms with Crippen LogP contribution in [0.3, 0.4) is 0 Å². The van der Waals surface area contributed by atoms with E-state index in [1.54, 1.807) is 0 Å². The van der Waals surface area contributed by atoms with Crippen molar-refractivity contribution in [2.24, 2.45) is 0 Å². The first-order valence-electron chi connectivity index (χ1n) is 5.05. The normalized spacial score (nSPS) is 16.9. The molecule has 1 N–H and O–H groups in total. The third-order valence-electron chi connectivity index (χ3n) is 2.38. The molecule has 84 valence electrons. The van der Waals surface area contributed by atoms with Gasteiger partial charge in [0.25, 0.3) is 0 Å². The van der Waals surface area contributed by atoms with Crippen molar-refractivity contribution >= 4 is 17.6 Å². The Hall–Kier alpha value is -1.91. The van der Waals surface area contributed by atoms with Crippen LogP contribution < -0.4 is 10.2 Å². The molecule has 5 heteroatoms. The fourth-order valence-corrected chi connectivity index (χ4v) is 1.59. The first-order valence-corrected chi connectivity index (χ1v) is 5.05. The molecule has 0 aromatic heterocycles. The summed E-state index contributed by atoms with van der Waals surface area (Å²) in [7, 11) is 0. The van der Waals surface area contributed by atoms with Crippen LogP contribution in [0.1, 0.15) is 12.8 Å². The largest absolute Gasteiger partial charge is 0.337 e. The van der Waals surface area contributed by atoms with Crippen molar-refractivity contribution < 1.29 is 14.0 Å². The van der Waals surface area contributed by atoms with Crippen molar-refractivity contribution in [2.75, 3.05) is 11.4 Å². The van der Waals surface area contributed by atoms with Gasteiger partial charge in [-0.1, -0.05) is 0 Å². The number of halogens is 1. The van der Waals surface area contributed by atoms with Crippen molar-refractivity contribution in [3.63, 3.8) is 0 Å². The monoisotopic (exact) mass is 222 g/mol. The molecule has 0 aliphatic carbocycles. The number of amides is 3. The minimum absolute atomic E-state index is 0.262. The summed E-state index contributed by atoms with van der Waals surface area (Å²) in [6, 6.07) is 4.83. The van der Waals surface area contributed by atoms with Crippen molar-refractivity contribution in [1.29, 1.82) is 0 Å². The highest BCUT2D eigenvalue weighted by Crippen LogP contribution is 2.17.